The number of carbonyl (C=O) groups is 1. The molecule has 1 amide bonds. The molecule has 22 heavy (non-hydrogen) atoms. The van der Waals surface area contributed by atoms with Gasteiger partial charge in [0.05, 0.1) is 10.6 Å². The lowest BCUT2D eigenvalue weighted by Crippen LogP contribution is -2.12. The van der Waals surface area contributed by atoms with Crippen LogP contribution in [0.25, 0.3) is 10.1 Å². The Morgan fingerprint density at radius 1 is 1.14 bits per heavy atom. The number of aryl methyl sites for hydroxylation is 1. The third-order valence-corrected chi connectivity index (χ3v) is 5.43. The molecule has 0 saturated carbocycles. The van der Waals surface area contributed by atoms with Gasteiger partial charge in [0, 0.05) is 9.17 Å². The van der Waals surface area contributed by atoms with Crippen molar-refractivity contribution in [2.45, 2.75) is 19.8 Å². The summed E-state index contributed by atoms with van der Waals surface area (Å²) in [4.78, 5) is 13.5. The second kappa shape index (κ2) is 6.63. The van der Waals surface area contributed by atoms with Gasteiger partial charge in [-0.15, -0.1) is 11.3 Å². The van der Waals surface area contributed by atoms with Crippen LogP contribution in [0.2, 0.25) is 0 Å². The molecule has 4 heteroatoms. The largest absolute Gasteiger partial charge is 0.320 e. The molecule has 0 spiro atoms. The predicted octanol–water partition coefficient (Wildman–Crippen LogP) is 5.87. The third-order valence-electron chi connectivity index (χ3n) is 3.53. The first-order valence-corrected chi connectivity index (χ1v) is 8.88. The van der Waals surface area contributed by atoms with Gasteiger partial charge in [-0.1, -0.05) is 43.7 Å². The smallest absolute Gasteiger partial charge is 0.266 e. The quantitative estimate of drug-likeness (QED) is 0.608. The number of nitrogens with one attached hydrogen (secondary N) is 1. The van der Waals surface area contributed by atoms with E-state index in [9.17, 15) is 4.79 Å². The average molecular weight is 374 g/mol. The molecule has 0 bridgehead atoms. The van der Waals surface area contributed by atoms with Gasteiger partial charge in [0.25, 0.3) is 5.91 Å². The molecule has 1 aromatic heterocycles. The van der Waals surface area contributed by atoms with Crippen molar-refractivity contribution in [1.29, 1.82) is 0 Å². The lowest BCUT2D eigenvalue weighted by atomic mass is 10.1. The molecule has 0 aliphatic carbocycles. The normalized spacial score (nSPS) is 10.8. The van der Waals surface area contributed by atoms with E-state index < -0.39 is 0 Å². The first kappa shape index (κ1) is 15.3. The Morgan fingerprint density at radius 2 is 1.86 bits per heavy atom. The molecule has 0 unspecified atom stereocenters. The zero-order valence-electron chi connectivity index (χ0n) is 12.2. The Bertz CT molecular complexity index is 825. The minimum Gasteiger partial charge on any atom is -0.320 e. The van der Waals surface area contributed by atoms with Crippen LogP contribution >= 0.6 is 27.3 Å². The van der Waals surface area contributed by atoms with Crippen LogP contribution in [0.4, 0.5) is 5.69 Å². The number of anilines is 1. The molecule has 2 aromatic carbocycles. The van der Waals surface area contributed by atoms with Crippen LogP contribution < -0.4 is 5.32 Å². The van der Waals surface area contributed by atoms with Crippen LogP contribution in [0.5, 0.6) is 0 Å². The molecule has 0 atom stereocenters. The van der Waals surface area contributed by atoms with Crippen molar-refractivity contribution < 1.29 is 4.79 Å². The zero-order chi connectivity index (χ0) is 15.5. The van der Waals surface area contributed by atoms with Gasteiger partial charge in [-0.2, -0.15) is 0 Å². The highest BCUT2D eigenvalue weighted by Crippen LogP contribution is 2.33. The van der Waals surface area contributed by atoms with E-state index >= 15 is 0 Å². The summed E-state index contributed by atoms with van der Waals surface area (Å²) in [5.41, 5.74) is 1.96. The first-order valence-electron chi connectivity index (χ1n) is 7.27. The maximum Gasteiger partial charge on any atom is 0.266 e. The summed E-state index contributed by atoms with van der Waals surface area (Å²) < 4.78 is 2.06. The summed E-state index contributed by atoms with van der Waals surface area (Å²) in [7, 11) is 0. The highest BCUT2D eigenvalue weighted by atomic mass is 79.9. The van der Waals surface area contributed by atoms with E-state index in [0.717, 1.165) is 33.4 Å². The van der Waals surface area contributed by atoms with E-state index in [0.29, 0.717) is 0 Å². The number of fused-ring (bicyclic) bond motifs is 1. The van der Waals surface area contributed by atoms with Gasteiger partial charge in [-0.25, -0.2) is 0 Å². The summed E-state index contributed by atoms with van der Waals surface area (Å²) in [5, 5.41) is 4.21. The lowest BCUT2D eigenvalue weighted by molar-refractivity contribution is 0.103. The fourth-order valence-electron chi connectivity index (χ4n) is 2.52. The number of hydrogen-bond donors (Lipinski definition) is 1. The second-order valence-electron chi connectivity index (χ2n) is 5.09. The minimum absolute atomic E-state index is 0.0310. The van der Waals surface area contributed by atoms with E-state index in [1.54, 1.807) is 11.3 Å². The Morgan fingerprint density at radius 3 is 2.64 bits per heavy atom. The number of para-hydroxylation sites is 1. The molecular formula is C18H16BrNOS. The molecule has 0 aliphatic heterocycles. The standard InChI is InChI=1S/C18H16BrNOS/c1-2-7-13-12-8-3-6-11-16(12)22-17(13)18(21)20-15-10-5-4-9-14(15)19/h3-6,8-11H,2,7H2,1H3,(H,20,21). The van der Waals surface area contributed by atoms with Crippen LogP contribution in [0.3, 0.4) is 0 Å². The minimum atomic E-state index is -0.0310. The van der Waals surface area contributed by atoms with Gasteiger partial charge in [-0.3, -0.25) is 4.79 Å². The highest BCUT2D eigenvalue weighted by molar-refractivity contribution is 9.10. The number of thiophene rings is 1. The van der Waals surface area contributed by atoms with E-state index in [2.05, 4.69) is 40.3 Å². The van der Waals surface area contributed by atoms with Crippen molar-refractivity contribution in [3.05, 3.63) is 63.4 Å². The highest BCUT2D eigenvalue weighted by Gasteiger charge is 2.18. The number of amides is 1. The molecule has 3 rings (SSSR count). The van der Waals surface area contributed by atoms with Crippen LogP contribution in [-0.4, -0.2) is 5.91 Å². The molecule has 0 saturated heterocycles. The van der Waals surface area contributed by atoms with Crippen LogP contribution in [-0.2, 0) is 6.42 Å². The average Bonchev–Trinajstić information content (AvgIpc) is 2.89. The van der Waals surface area contributed by atoms with Crippen LogP contribution in [0, 0.1) is 0 Å². The van der Waals surface area contributed by atoms with E-state index in [-0.39, 0.29) is 5.91 Å². The summed E-state index contributed by atoms with van der Waals surface area (Å²) in [6, 6.07) is 15.9. The summed E-state index contributed by atoms with van der Waals surface area (Å²) >= 11 is 5.04. The second-order valence-corrected chi connectivity index (χ2v) is 7.00. The molecule has 1 N–H and O–H groups in total. The molecule has 3 aromatic rings. The van der Waals surface area contributed by atoms with E-state index in [1.165, 1.54) is 10.1 Å². The van der Waals surface area contributed by atoms with Gasteiger partial charge >= 0.3 is 0 Å². The SMILES string of the molecule is CCCc1c(C(=O)Nc2ccccc2Br)sc2ccccc12. The summed E-state index contributed by atoms with van der Waals surface area (Å²) in [6.07, 6.45) is 1.94. The molecule has 112 valence electrons. The Balaban J connectivity index is 2.00. The van der Waals surface area contributed by atoms with Crippen molar-refractivity contribution >= 4 is 48.9 Å². The summed E-state index contributed by atoms with van der Waals surface area (Å²) in [5.74, 6) is -0.0310. The van der Waals surface area contributed by atoms with Crippen LogP contribution in [0.1, 0.15) is 28.6 Å². The fraction of sp³-hybridized carbons (Fsp3) is 0.167. The molecule has 0 aliphatic rings. The maximum atomic E-state index is 12.7. The third kappa shape index (κ3) is 2.94. The fourth-order valence-corrected chi connectivity index (χ4v) is 4.05. The lowest BCUT2D eigenvalue weighted by Gasteiger charge is -2.07. The molecule has 0 radical (unpaired) electrons. The molecule has 1 heterocycles. The predicted molar refractivity (Wildman–Crippen MR) is 97.9 cm³/mol. The topological polar surface area (TPSA) is 29.1 Å². The van der Waals surface area contributed by atoms with Crippen molar-refractivity contribution in [1.82, 2.24) is 0 Å². The van der Waals surface area contributed by atoms with Gasteiger partial charge in [-0.05, 0) is 51.5 Å². The van der Waals surface area contributed by atoms with E-state index in [1.807, 2.05) is 36.4 Å². The van der Waals surface area contributed by atoms with Gasteiger partial charge < -0.3 is 5.32 Å². The van der Waals surface area contributed by atoms with Crippen molar-refractivity contribution in [2.75, 3.05) is 5.32 Å². The first-order chi connectivity index (χ1) is 10.7. The molecular weight excluding hydrogens is 358 g/mol. The van der Waals surface area contributed by atoms with Gasteiger partial charge in [0.15, 0.2) is 0 Å². The Hall–Kier alpha value is -1.65. The number of halogens is 1. The van der Waals surface area contributed by atoms with Crippen molar-refractivity contribution in [2.24, 2.45) is 0 Å². The number of benzene rings is 2. The van der Waals surface area contributed by atoms with Crippen molar-refractivity contribution in [3.8, 4) is 0 Å². The van der Waals surface area contributed by atoms with Gasteiger partial charge in [0.1, 0.15) is 0 Å². The zero-order valence-corrected chi connectivity index (χ0v) is 14.6. The van der Waals surface area contributed by atoms with Crippen molar-refractivity contribution in [3.63, 3.8) is 0 Å². The number of carbonyl (C=O) groups excluding carboxylic acids is 1. The summed E-state index contributed by atoms with van der Waals surface area (Å²) in [6.45, 7) is 2.14. The van der Waals surface area contributed by atoms with E-state index in [4.69, 9.17) is 0 Å². The molecule has 2 nitrogen and oxygen atoms in total. The van der Waals surface area contributed by atoms with Crippen LogP contribution in [0.15, 0.2) is 53.0 Å². The number of hydrogen-bond acceptors (Lipinski definition) is 2. The number of rotatable bonds is 4. The Labute approximate surface area is 142 Å². The van der Waals surface area contributed by atoms with Gasteiger partial charge in [0.2, 0.25) is 0 Å². The Kier molecular flexibility index (Phi) is 4.60. The molecule has 0 fully saturated rings. The monoisotopic (exact) mass is 373 g/mol. The maximum absolute atomic E-state index is 12.7.